The Balaban J connectivity index is 1.70. The van der Waals surface area contributed by atoms with E-state index in [-0.39, 0.29) is 17.3 Å². The summed E-state index contributed by atoms with van der Waals surface area (Å²) >= 11 is 3.30. The highest BCUT2D eigenvalue weighted by molar-refractivity contribution is 9.10. The van der Waals surface area contributed by atoms with Crippen LogP contribution < -0.4 is 5.73 Å². The molecule has 2 N–H and O–H groups in total. The van der Waals surface area contributed by atoms with Gasteiger partial charge in [0.2, 0.25) is 0 Å². The fourth-order valence-corrected chi connectivity index (χ4v) is 6.62. The van der Waals surface area contributed by atoms with E-state index in [0.717, 1.165) is 17.4 Å². The topological polar surface area (TPSA) is 26.0 Å². The lowest BCUT2D eigenvalue weighted by Gasteiger charge is -2.63. The Labute approximate surface area is 134 Å². The Morgan fingerprint density at radius 1 is 1.24 bits per heavy atom. The van der Waals surface area contributed by atoms with Crippen LogP contribution in [0.25, 0.3) is 0 Å². The zero-order valence-electron chi connectivity index (χ0n) is 12.5. The Morgan fingerprint density at radius 2 is 1.90 bits per heavy atom. The highest BCUT2D eigenvalue weighted by Crippen LogP contribution is 2.67. The van der Waals surface area contributed by atoms with Gasteiger partial charge in [-0.1, -0.05) is 13.0 Å². The predicted molar refractivity (Wildman–Crippen MR) is 86.3 cm³/mol. The molecule has 1 aromatic carbocycles. The third-order valence-electron chi connectivity index (χ3n) is 6.36. The molecule has 4 bridgehead atoms. The molecule has 0 spiro atoms. The number of hydrogen-bond acceptors (Lipinski definition) is 1. The van der Waals surface area contributed by atoms with E-state index in [0.29, 0.717) is 9.89 Å². The van der Waals surface area contributed by atoms with Crippen molar-refractivity contribution >= 4 is 15.9 Å². The molecule has 1 nitrogen and oxygen atoms in total. The molecule has 3 unspecified atom stereocenters. The molecule has 3 atom stereocenters. The standard InChI is InChI=1S/C18H23BrFN/c1-17-6-11-4-12(7-17)9-18(8-11,10-17)16(21)13-2-3-15(20)14(19)5-13/h2-3,5,11-12,16H,4,6-10,21H2,1H3. The van der Waals surface area contributed by atoms with E-state index in [2.05, 4.69) is 22.9 Å². The fourth-order valence-electron chi connectivity index (χ4n) is 6.22. The Kier molecular flexibility index (Phi) is 3.07. The van der Waals surface area contributed by atoms with E-state index in [4.69, 9.17) is 5.73 Å². The van der Waals surface area contributed by atoms with Crippen LogP contribution in [0, 0.1) is 28.5 Å². The first-order valence-electron chi connectivity index (χ1n) is 8.10. The molecule has 114 valence electrons. The monoisotopic (exact) mass is 351 g/mol. The third kappa shape index (κ3) is 2.19. The maximum atomic E-state index is 13.5. The van der Waals surface area contributed by atoms with Crippen LogP contribution in [-0.4, -0.2) is 0 Å². The molecule has 0 radical (unpaired) electrons. The van der Waals surface area contributed by atoms with E-state index in [1.165, 1.54) is 38.5 Å². The second-order valence-electron chi connectivity index (χ2n) is 8.29. The van der Waals surface area contributed by atoms with Gasteiger partial charge in [0.1, 0.15) is 5.82 Å². The Hall–Kier alpha value is -0.410. The van der Waals surface area contributed by atoms with Crippen LogP contribution in [0.1, 0.15) is 57.1 Å². The normalized spacial score (nSPS) is 42.3. The molecule has 4 aliphatic rings. The van der Waals surface area contributed by atoms with Gasteiger partial charge in [0, 0.05) is 6.04 Å². The van der Waals surface area contributed by atoms with Gasteiger partial charge in [0.05, 0.1) is 4.47 Å². The van der Waals surface area contributed by atoms with Crippen molar-refractivity contribution in [2.75, 3.05) is 0 Å². The summed E-state index contributed by atoms with van der Waals surface area (Å²) < 4.78 is 14.0. The van der Waals surface area contributed by atoms with Gasteiger partial charge in [-0.2, -0.15) is 0 Å². The molecular weight excluding hydrogens is 329 g/mol. The molecule has 0 heterocycles. The van der Waals surface area contributed by atoms with Crippen molar-refractivity contribution in [1.82, 2.24) is 0 Å². The van der Waals surface area contributed by atoms with Crippen molar-refractivity contribution in [3.63, 3.8) is 0 Å². The van der Waals surface area contributed by atoms with Gasteiger partial charge < -0.3 is 5.73 Å². The van der Waals surface area contributed by atoms with Crippen LogP contribution in [0.5, 0.6) is 0 Å². The molecule has 21 heavy (non-hydrogen) atoms. The van der Waals surface area contributed by atoms with Crippen molar-refractivity contribution in [2.24, 2.45) is 28.4 Å². The summed E-state index contributed by atoms with van der Waals surface area (Å²) in [4.78, 5) is 0. The van der Waals surface area contributed by atoms with Crippen LogP contribution in [0.15, 0.2) is 22.7 Å². The molecule has 0 aromatic heterocycles. The summed E-state index contributed by atoms with van der Waals surface area (Å²) in [6.07, 6.45) is 8.00. The fraction of sp³-hybridized carbons (Fsp3) is 0.667. The van der Waals surface area contributed by atoms with Gasteiger partial charge in [-0.15, -0.1) is 0 Å². The Morgan fingerprint density at radius 3 is 2.48 bits per heavy atom. The van der Waals surface area contributed by atoms with E-state index >= 15 is 0 Å². The van der Waals surface area contributed by atoms with Gasteiger partial charge in [-0.25, -0.2) is 4.39 Å². The number of nitrogens with two attached hydrogens (primary N) is 1. The van der Waals surface area contributed by atoms with Gasteiger partial charge in [0.25, 0.3) is 0 Å². The molecular formula is C18H23BrFN. The second-order valence-corrected chi connectivity index (χ2v) is 9.14. The van der Waals surface area contributed by atoms with Crippen LogP contribution in [0.3, 0.4) is 0 Å². The van der Waals surface area contributed by atoms with Crippen molar-refractivity contribution < 1.29 is 4.39 Å². The lowest BCUT2D eigenvalue weighted by atomic mass is 9.43. The first-order chi connectivity index (χ1) is 9.89. The van der Waals surface area contributed by atoms with Crippen LogP contribution in [-0.2, 0) is 0 Å². The smallest absolute Gasteiger partial charge is 0.137 e. The average Bonchev–Trinajstić information content (AvgIpc) is 2.38. The summed E-state index contributed by atoms with van der Waals surface area (Å²) in [6.45, 7) is 2.46. The van der Waals surface area contributed by atoms with Gasteiger partial charge >= 0.3 is 0 Å². The molecule has 4 saturated carbocycles. The van der Waals surface area contributed by atoms with E-state index < -0.39 is 0 Å². The molecule has 0 saturated heterocycles. The van der Waals surface area contributed by atoms with E-state index in [1.54, 1.807) is 6.07 Å². The van der Waals surface area contributed by atoms with E-state index in [1.807, 2.05) is 12.1 Å². The number of hydrogen-bond donors (Lipinski definition) is 1. The van der Waals surface area contributed by atoms with Crippen LogP contribution in [0.2, 0.25) is 0 Å². The van der Waals surface area contributed by atoms with Crippen molar-refractivity contribution in [2.45, 2.75) is 51.5 Å². The summed E-state index contributed by atoms with van der Waals surface area (Å²) in [5.74, 6) is 1.53. The summed E-state index contributed by atoms with van der Waals surface area (Å²) in [6, 6.07) is 5.35. The lowest BCUT2D eigenvalue weighted by molar-refractivity contribution is -0.113. The van der Waals surface area contributed by atoms with Crippen molar-refractivity contribution in [3.8, 4) is 0 Å². The highest BCUT2D eigenvalue weighted by Gasteiger charge is 2.57. The first-order valence-corrected chi connectivity index (χ1v) is 8.89. The van der Waals surface area contributed by atoms with E-state index in [9.17, 15) is 4.39 Å². The van der Waals surface area contributed by atoms with Crippen LogP contribution >= 0.6 is 15.9 Å². The van der Waals surface area contributed by atoms with Crippen molar-refractivity contribution in [1.29, 1.82) is 0 Å². The minimum Gasteiger partial charge on any atom is -0.323 e. The number of rotatable bonds is 2. The summed E-state index contributed by atoms with van der Waals surface area (Å²) in [5, 5.41) is 0. The Bertz CT molecular complexity index is 571. The zero-order chi connectivity index (χ0) is 14.8. The molecule has 3 heteroatoms. The number of benzene rings is 1. The van der Waals surface area contributed by atoms with Gasteiger partial charge in [-0.05, 0) is 94.8 Å². The van der Waals surface area contributed by atoms with Gasteiger partial charge in [0.15, 0.2) is 0 Å². The molecule has 5 rings (SSSR count). The number of halogens is 2. The molecule has 0 amide bonds. The first kappa shape index (κ1) is 14.2. The van der Waals surface area contributed by atoms with Gasteiger partial charge in [-0.3, -0.25) is 0 Å². The third-order valence-corrected chi connectivity index (χ3v) is 6.97. The maximum absolute atomic E-state index is 13.5. The largest absolute Gasteiger partial charge is 0.323 e. The average molecular weight is 352 g/mol. The molecule has 0 aliphatic heterocycles. The lowest BCUT2D eigenvalue weighted by Crippen LogP contribution is -2.54. The predicted octanol–water partition coefficient (Wildman–Crippen LogP) is 5.19. The molecule has 4 aliphatic carbocycles. The molecule has 4 fully saturated rings. The SMILES string of the molecule is CC12CC3CC(C1)CC(C(N)c1ccc(F)c(Br)c1)(C3)C2. The summed E-state index contributed by atoms with van der Waals surface area (Å²) in [7, 11) is 0. The van der Waals surface area contributed by atoms with Crippen molar-refractivity contribution in [3.05, 3.63) is 34.1 Å². The maximum Gasteiger partial charge on any atom is 0.137 e. The van der Waals surface area contributed by atoms with Crippen LogP contribution in [0.4, 0.5) is 4.39 Å². The second kappa shape index (κ2) is 4.55. The summed E-state index contributed by atoms with van der Waals surface area (Å²) in [5.41, 5.74) is 8.57. The quantitative estimate of drug-likeness (QED) is 0.778. The highest BCUT2D eigenvalue weighted by atomic mass is 79.9. The minimum atomic E-state index is -0.205. The minimum absolute atomic E-state index is 0.0413. The molecule has 1 aromatic rings. The zero-order valence-corrected chi connectivity index (χ0v) is 14.1.